The van der Waals surface area contributed by atoms with E-state index in [-0.39, 0.29) is 0 Å². The molecule has 0 unspecified atom stereocenters. The summed E-state index contributed by atoms with van der Waals surface area (Å²) in [6, 6.07) is 41.7. The highest BCUT2D eigenvalue weighted by Gasteiger charge is 2.34. The molecule has 4 rings (SSSR count). The average Bonchev–Trinajstić information content (AvgIpc) is 2.80. The fourth-order valence-electron chi connectivity index (χ4n) is 3.90. The van der Waals surface area contributed by atoms with Crippen LogP contribution < -0.4 is 20.7 Å². The van der Waals surface area contributed by atoms with Gasteiger partial charge in [-0.25, -0.2) is 0 Å². The summed E-state index contributed by atoms with van der Waals surface area (Å²) in [5, 5.41) is 4.23. The van der Waals surface area contributed by atoms with E-state index in [1.807, 2.05) is 6.92 Å². The maximum atomic E-state index is 5.65. The van der Waals surface area contributed by atoms with E-state index in [9.17, 15) is 0 Å². The minimum Gasteiger partial charge on any atom is -0.494 e. The first-order valence-electron chi connectivity index (χ1n) is 10.1. The number of ether oxygens (including phenoxy) is 1. The molecule has 0 saturated carbocycles. The third kappa shape index (κ3) is 4.11. The van der Waals surface area contributed by atoms with Crippen molar-refractivity contribution in [3.63, 3.8) is 0 Å². The van der Waals surface area contributed by atoms with Crippen LogP contribution in [0.2, 0.25) is 0 Å². The van der Waals surface area contributed by atoms with Gasteiger partial charge < -0.3 is 4.74 Å². The molecule has 0 aliphatic rings. The second-order valence-corrected chi connectivity index (χ2v) is 10.5. The molecule has 0 aliphatic heterocycles. The first-order valence-corrected chi connectivity index (χ1v) is 12.1. The van der Waals surface area contributed by atoms with Crippen molar-refractivity contribution in [1.29, 1.82) is 0 Å². The van der Waals surface area contributed by atoms with Gasteiger partial charge in [0, 0.05) is 6.16 Å². The van der Waals surface area contributed by atoms with Crippen LogP contribution in [0.5, 0.6) is 5.75 Å². The smallest absolute Gasteiger partial charge is 0.119 e. The van der Waals surface area contributed by atoms with Crippen LogP contribution in [-0.2, 0) is 6.16 Å². The standard InChI is InChI=1S/C27H26OP/c1-2-28-24-20-18-23(19-21-24)22-29(25-12-6-3-7-13-25,26-14-8-4-9-15-26)27-16-10-5-11-17-27/h3-21H,2,22H2,1H3. The summed E-state index contributed by atoms with van der Waals surface area (Å²) in [4.78, 5) is 0. The minimum absolute atomic E-state index is 0.689. The van der Waals surface area contributed by atoms with Gasteiger partial charge in [-0.3, -0.25) is 0 Å². The lowest BCUT2D eigenvalue weighted by molar-refractivity contribution is 0.340. The Labute approximate surface area is 174 Å². The molecule has 0 fully saturated rings. The maximum Gasteiger partial charge on any atom is 0.119 e. The molecule has 0 saturated heterocycles. The summed E-state index contributed by atoms with van der Waals surface area (Å²) in [6.45, 7) is 2.71. The van der Waals surface area contributed by atoms with E-state index in [0.29, 0.717) is 6.61 Å². The zero-order valence-corrected chi connectivity index (χ0v) is 17.6. The lowest BCUT2D eigenvalue weighted by Crippen LogP contribution is -2.32. The van der Waals surface area contributed by atoms with Crippen LogP contribution in [0.15, 0.2) is 115 Å². The average molecular weight is 397 g/mol. The van der Waals surface area contributed by atoms with Gasteiger partial charge in [-0.2, -0.15) is 0 Å². The van der Waals surface area contributed by atoms with Gasteiger partial charge in [-0.15, -0.1) is 0 Å². The maximum absolute atomic E-state index is 5.65. The Balaban J connectivity index is 1.90. The topological polar surface area (TPSA) is 9.23 Å². The molecular formula is C27H26OP. The third-order valence-electron chi connectivity index (χ3n) is 5.25. The van der Waals surface area contributed by atoms with E-state index >= 15 is 0 Å². The molecule has 0 heterocycles. The Kier molecular flexibility index (Phi) is 6.08. The van der Waals surface area contributed by atoms with Crippen molar-refractivity contribution >= 4 is 23.2 Å². The van der Waals surface area contributed by atoms with Gasteiger partial charge in [0.05, 0.1) is 6.61 Å². The van der Waals surface area contributed by atoms with E-state index in [2.05, 4.69) is 115 Å². The fourth-order valence-corrected chi connectivity index (χ4v) is 8.14. The molecule has 145 valence electrons. The van der Waals surface area contributed by atoms with E-state index in [1.54, 1.807) is 0 Å². The fraction of sp³-hybridized carbons (Fsp3) is 0.111. The highest BCUT2D eigenvalue weighted by molar-refractivity contribution is 7.95. The molecule has 0 bridgehead atoms. The minimum atomic E-state index is -1.85. The molecular weight excluding hydrogens is 371 g/mol. The Hall–Kier alpha value is -2.89. The lowest BCUT2D eigenvalue weighted by atomic mass is 10.2. The molecule has 0 N–H and O–H groups in total. The van der Waals surface area contributed by atoms with Crippen molar-refractivity contribution in [3.05, 3.63) is 121 Å². The van der Waals surface area contributed by atoms with E-state index in [1.165, 1.54) is 21.5 Å². The van der Waals surface area contributed by atoms with Crippen LogP contribution in [-0.4, -0.2) is 6.61 Å². The Bertz CT molecular complexity index is 916. The van der Waals surface area contributed by atoms with Crippen molar-refractivity contribution in [2.75, 3.05) is 6.61 Å². The predicted molar refractivity (Wildman–Crippen MR) is 126 cm³/mol. The van der Waals surface area contributed by atoms with Gasteiger partial charge in [0.15, 0.2) is 0 Å². The SMILES string of the molecule is CCOc1ccc(C[P](c2ccccc2)(c2ccccc2)c2ccccc2)cc1. The Morgan fingerprint density at radius 1 is 0.552 bits per heavy atom. The number of benzene rings is 4. The number of hydrogen-bond acceptors (Lipinski definition) is 1. The van der Waals surface area contributed by atoms with Crippen LogP contribution in [0, 0.1) is 0 Å². The summed E-state index contributed by atoms with van der Waals surface area (Å²) >= 11 is 0. The molecule has 0 atom stereocenters. The summed E-state index contributed by atoms with van der Waals surface area (Å²) in [5.74, 6) is 0.930. The molecule has 0 amide bonds. The highest BCUT2D eigenvalue weighted by Crippen LogP contribution is 2.58. The van der Waals surface area contributed by atoms with Crippen LogP contribution in [0.3, 0.4) is 0 Å². The molecule has 4 aromatic carbocycles. The number of rotatable bonds is 7. The zero-order chi connectivity index (χ0) is 19.9. The second-order valence-electron chi connectivity index (χ2n) is 7.05. The Morgan fingerprint density at radius 3 is 1.34 bits per heavy atom. The Morgan fingerprint density at radius 2 is 0.966 bits per heavy atom. The van der Waals surface area contributed by atoms with E-state index < -0.39 is 7.26 Å². The summed E-state index contributed by atoms with van der Waals surface area (Å²) < 4.78 is 5.65. The van der Waals surface area contributed by atoms with Gasteiger partial charge in [0.2, 0.25) is 0 Å². The molecule has 1 radical (unpaired) electrons. The van der Waals surface area contributed by atoms with E-state index in [0.717, 1.165) is 11.9 Å². The van der Waals surface area contributed by atoms with Gasteiger partial charge in [0.1, 0.15) is 5.75 Å². The van der Waals surface area contributed by atoms with Crippen molar-refractivity contribution in [3.8, 4) is 5.75 Å². The monoisotopic (exact) mass is 397 g/mol. The van der Waals surface area contributed by atoms with Crippen LogP contribution in [0.25, 0.3) is 0 Å². The highest BCUT2D eigenvalue weighted by atomic mass is 31.2. The quantitative estimate of drug-likeness (QED) is 0.370. The van der Waals surface area contributed by atoms with Gasteiger partial charge >= 0.3 is 0 Å². The van der Waals surface area contributed by atoms with Crippen LogP contribution in [0.1, 0.15) is 12.5 Å². The van der Waals surface area contributed by atoms with Crippen LogP contribution >= 0.6 is 7.26 Å². The molecule has 1 nitrogen and oxygen atoms in total. The molecule has 0 spiro atoms. The van der Waals surface area contributed by atoms with Crippen molar-refractivity contribution in [2.45, 2.75) is 13.1 Å². The first kappa shape index (κ1) is 19.4. The largest absolute Gasteiger partial charge is 0.494 e. The summed E-state index contributed by atoms with van der Waals surface area (Å²) in [5.41, 5.74) is 1.33. The third-order valence-corrected chi connectivity index (χ3v) is 9.62. The molecule has 2 heteroatoms. The normalized spacial score (nSPS) is 11.2. The zero-order valence-electron chi connectivity index (χ0n) is 16.7. The predicted octanol–water partition coefficient (Wildman–Crippen LogP) is 5.58. The van der Waals surface area contributed by atoms with Crippen molar-refractivity contribution in [2.24, 2.45) is 0 Å². The van der Waals surface area contributed by atoms with Crippen molar-refractivity contribution < 1.29 is 4.74 Å². The number of hydrogen-bond donors (Lipinski definition) is 0. The first-order chi connectivity index (χ1) is 14.3. The second kappa shape index (κ2) is 9.07. The molecule has 4 aromatic rings. The summed E-state index contributed by atoms with van der Waals surface area (Å²) in [6.07, 6.45) is 0.984. The lowest BCUT2D eigenvalue weighted by Gasteiger charge is -2.38. The van der Waals surface area contributed by atoms with Crippen LogP contribution in [0.4, 0.5) is 0 Å². The summed E-state index contributed by atoms with van der Waals surface area (Å²) in [7, 11) is -1.85. The molecule has 0 aromatic heterocycles. The van der Waals surface area contributed by atoms with Crippen molar-refractivity contribution in [1.82, 2.24) is 0 Å². The van der Waals surface area contributed by atoms with E-state index in [4.69, 9.17) is 4.74 Å². The molecule has 0 aliphatic carbocycles. The van der Waals surface area contributed by atoms with Gasteiger partial charge in [-0.1, -0.05) is 103 Å². The van der Waals surface area contributed by atoms with Gasteiger partial charge in [0.25, 0.3) is 0 Å². The van der Waals surface area contributed by atoms with Gasteiger partial charge in [-0.05, 0) is 47.8 Å². The molecule has 29 heavy (non-hydrogen) atoms.